The van der Waals surface area contributed by atoms with Gasteiger partial charge in [-0.05, 0) is 44.5 Å². The van der Waals surface area contributed by atoms with E-state index in [4.69, 9.17) is 5.10 Å². The van der Waals surface area contributed by atoms with E-state index in [-0.39, 0.29) is 5.56 Å². The van der Waals surface area contributed by atoms with Crippen molar-refractivity contribution >= 4 is 17.5 Å². The summed E-state index contributed by atoms with van der Waals surface area (Å²) in [5, 5.41) is 17.8. The number of rotatable bonds is 5. The molecule has 0 atom stereocenters. The molecule has 0 aliphatic rings. The Hall–Kier alpha value is -3.86. The molecule has 0 spiro atoms. The fourth-order valence-corrected chi connectivity index (χ4v) is 3.40. The highest BCUT2D eigenvalue weighted by atomic mass is 16.4. The zero-order chi connectivity index (χ0) is 21.3. The summed E-state index contributed by atoms with van der Waals surface area (Å²) in [7, 11) is 0. The smallest absolute Gasteiger partial charge is 0.337 e. The van der Waals surface area contributed by atoms with Gasteiger partial charge in [-0.2, -0.15) is 5.10 Å². The highest BCUT2D eigenvalue weighted by Gasteiger charge is 2.16. The molecule has 0 unspecified atom stereocenters. The van der Waals surface area contributed by atoms with Crippen molar-refractivity contribution < 1.29 is 9.90 Å². The van der Waals surface area contributed by atoms with E-state index < -0.39 is 5.97 Å². The summed E-state index contributed by atoms with van der Waals surface area (Å²) in [4.78, 5) is 11.8. The zero-order valence-corrected chi connectivity index (χ0v) is 17.2. The normalized spacial score (nSPS) is 10.8. The second kappa shape index (κ2) is 7.87. The second-order valence-electron chi connectivity index (χ2n) is 7.46. The summed E-state index contributed by atoms with van der Waals surface area (Å²) in [5.74, 6) is -0.270. The maximum atomic E-state index is 11.8. The van der Waals surface area contributed by atoms with E-state index >= 15 is 0 Å². The van der Waals surface area contributed by atoms with Crippen molar-refractivity contribution in [3.63, 3.8) is 0 Å². The van der Waals surface area contributed by atoms with E-state index in [1.165, 1.54) is 5.56 Å². The Bertz CT molecular complexity index is 1220. The number of carboxylic acids is 1. The van der Waals surface area contributed by atoms with Crippen molar-refractivity contribution in [2.45, 2.75) is 20.8 Å². The lowest BCUT2D eigenvalue weighted by molar-refractivity contribution is 0.0698. The molecule has 30 heavy (non-hydrogen) atoms. The number of benzene rings is 3. The van der Waals surface area contributed by atoms with Gasteiger partial charge in [-0.1, -0.05) is 59.7 Å². The largest absolute Gasteiger partial charge is 0.478 e. The summed E-state index contributed by atoms with van der Waals surface area (Å²) < 4.78 is 1.83. The Kier molecular flexibility index (Phi) is 5.11. The highest BCUT2D eigenvalue weighted by Crippen LogP contribution is 2.30. The van der Waals surface area contributed by atoms with Crippen LogP contribution in [0.4, 0.5) is 11.5 Å². The van der Waals surface area contributed by atoms with Gasteiger partial charge in [-0.15, -0.1) is 0 Å². The molecule has 0 aliphatic heterocycles. The number of carbonyl (C=O) groups is 1. The minimum Gasteiger partial charge on any atom is -0.478 e. The van der Waals surface area contributed by atoms with Gasteiger partial charge in [-0.3, -0.25) is 0 Å². The van der Waals surface area contributed by atoms with Crippen LogP contribution in [-0.2, 0) is 0 Å². The van der Waals surface area contributed by atoms with Gasteiger partial charge >= 0.3 is 5.97 Å². The Balaban J connectivity index is 1.85. The van der Waals surface area contributed by atoms with Crippen LogP contribution in [0.25, 0.3) is 16.9 Å². The van der Waals surface area contributed by atoms with Gasteiger partial charge in [0.25, 0.3) is 0 Å². The molecule has 1 heterocycles. The summed E-state index contributed by atoms with van der Waals surface area (Å²) in [6.45, 7) is 5.96. The van der Waals surface area contributed by atoms with Crippen LogP contribution < -0.4 is 5.32 Å². The average Bonchev–Trinajstić information content (AvgIpc) is 3.13. The van der Waals surface area contributed by atoms with Crippen molar-refractivity contribution in [3.8, 4) is 16.9 Å². The number of hydrogen-bond donors (Lipinski definition) is 2. The minimum absolute atomic E-state index is 0.226. The topological polar surface area (TPSA) is 67.2 Å². The van der Waals surface area contributed by atoms with Crippen molar-refractivity contribution in [2.75, 3.05) is 5.32 Å². The number of aryl methyl sites for hydroxylation is 3. The number of nitrogens with zero attached hydrogens (tertiary/aromatic N) is 2. The fraction of sp³-hybridized carbons (Fsp3) is 0.120. The first-order valence-electron chi connectivity index (χ1n) is 9.76. The number of para-hydroxylation sites is 1. The first kappa shape index (κ1) is 19.5. The van der Waals surface area contributed by atoms with Crippen molar-refractivity contribution in [1.82, 2.24) is 9.78 Å². The summed E-state index contributed by atoms with van der Waals surface area (Å²) in [6.07, 6.45) is 0. The SMILES string of the molecule is Cc1ccc(-c2cc(Nc3ccc(C)cc3C(=O)O)n(-c3ccccc3C)n2)cc1. The maximum Gasteiger partial charge on any atom is 0.337 e. The number of aromatic carboxylic acids is 1. The molecule has 0 amide bonds. The third-order valence-electron chi connectivity index (χ3n) is 5.07. The molecular formula is C25H23N3O2. The molecule has 0 saturated carbocycles. The van der Waals surface area contributed by atoms with E-state index in [0.717, 1.165) is 28.1 Å². The monoisotopic (exact) mass is 397 g/mol. The number of hydrogen-bond acceptors (Lipinski definition) is 3. The van der Waals surface area contributed by atoms with E-state index in [1.807, 2.05) is 74.0 Å². The Labute approximate surface area is 175 Å². The molecule has 3 aromatic carbocycles. The molecule has 150 valence electrons. The average molecular weight is 397 g/mol. The van der Waals surface area contributed by atoms with E-state index in [9.17, 15) is 9.90 Å². The molecule has 4 rings (SSSR count). The van der Waals surface area contributed by atoms with E-state index in [0.29, 0.717) is 11.5 Å². The van der Waals surface area contributed by atoms with E-state index in [1.54, 1.807) is 12.1 Å². The molecule has 5 nitrogen and oxygen atoms in total. The lowest BCUT2D eigenvalue weighted by Crippen LogP contribution is -2.07. The van der Waals surface area contributed by atoms with Gasteiger partial charge in [0, 0.05) is 11.6 Å². The van der Waals surface area contributed by atoms with Crippen LogP contribution in [0.2, 0.25) is 0 Å². The molecular weight excluding hydrogens is 374 g/mol. The quantitative estimate of drug-likeness (QED) is 0.439. The standard InChI is InChI=1S/C25H23N3O2/c1-16-8-11-19(12-9-16)22-15-24(28(27-22)23-7-5-4-6-18(23)3)26-21-13-10-17(2)14-20(21)25(29)30/h4-15,26H,1-3H3,(H,29,30). The highest BCUT2D eigenvalue weighted by molar-refractivity contribution is 5.95. The van der Waals surface area contributed by atoms with Gasteiger partial charge in [0.2, 0.25) is 0 Å². The fourth-order valence-electron chi connectivity index (χ4n) is 3.40. The van der Waals surface area contributed by atoms with Crippen LogP contribution in [0.3, 0.4) is 0 Å². The maximum absolute atomic E-state index is 11.8. The van der Waals surface area contributed by atoms with Crippen LogP contribution in [0.1, 0.15) is 27.0 Å². The molecule has 0 saturated heterocycles. The van der Waals surface area contributed by atoms with Crippen molar-refractivity contribution in [1.29, 1.82) is 0 Å². The van der Waals surface area contributed by atoms with Crippen LogP contribution >= 0.6 is 0 Å². The molecule has 1 aromatic heterocycles. The first-order valence-corrected chi connectivity index (χ1v) is 9.76. The van der Waals surface area contributed by atoms with Crippen molar-refractivity contribution in [3.05, 3.63) is 95.1 Å². The minimum atomic E-state index is -0.970. The second-order valence-corrected chi connectivity index (χ2v) is 7.46. The van der Waals surface area contributed by atoms with Gasteiger partial charge in [-0.25, -0.2) is 9.48 Å². The van der Waals surface area contributed by atoms with Crippen LogP contribution in [0.5, 0.6) is 0 Å². The first-order chi connectivity index (χ1) is 14.4. The van der Waals surface area contributed by atoms with Crippen LogP contribution in [-0.4, -0.2) is 20.9 Å². The van der Waals surface area contributed by atoms with Gasteiger partial charge in [0.05, 0.1) is 22.6 Å². The molecule has 4 aromatic rings. The predicted octanol–water partition coefficient (Wildman–Crippen LogP) is 5.91. The Morgan fingerprint density at radius 2 is 1.60 bits per heavy atom. The number of nitrogens with one attached hydrogen (secondary N) is 1. The molecule has 0 bridgehead atoms. The Morgan fingerprint density at radius 1 is 0.900 bits per heavy atom. The third kappa shape index (κ3) is 3.82. The van der Waals surface area contributed by atoms with Gasteiger partial charge in [0.1, 0.15) is 5.82 Å². The molecule has 0 fully saturated rings. The Morgan fingerprint density at radius 3 is 2.30 bits per heavy atom. The third-order valence-corrected chi connectivity index (χ3v) is 5.07. The zero-order valence-electron chi connectivity index (χ0n) is 17.2. The number of aromatic nitrogens is 2. The molecule has 5 heteroatoms. The lowest BCUT2D eigenvalue weighted by atomic mass is 10.1. The molecule has 2 N–H and O–H groups in total. The van der Waals surface area contributed by atoms with Gasteiger partial charge < -0.3 is 10.4 Å². The van der Waals surface area contributed by atoms with Crippen LogP contribution in [0.15, 0.2) is 72.8 Å². The van der Waals surface area contributed by atoms with Gasteiger partial charge in [0.15, 0.2) is 0 Å². The summed E-state index contributed by atoms with van der Waals surface area (Å²) in [6, 6.07) is 23.5. The lowest BCUT2D eigenvalue weighted by Gasteiger charge is -2.13. The number of anilines is 2. The van der Waals surface area contributed by atoms with Crippen LogP contribution in [0, 0.1) is 20.8 Å². The van der Waals surface area contributed by atoms with E-state index in [2.05, 4.69) is 17.4 Å². The molecule has 0 radical (unpaired) electrons. The van der Waals surface area contributed by atoms with Crippen molar-refractivity contribution in [2.24, 2.45) is 0 Å². The summed E-state index contributed by atoms with van der Waals surface area (Å²) in [5.41, 5.74) is 6.64. The summed E-state index contributed by atoms with van der Waals surface area (Å²) >= 11 is 0. The molecule has 0 aliphatic carbocycles. The predicted molar refractivity (Wildman–Crippen MR) is 120 cm³/mol. The number of carboxylic acid groups (broad SMARTS) is 1.